The van der Waals surface area contributed by atoms with Crippen molar-refractivity contribution in [1.29, 1.82) is 0 Å². The molecule has 0 aliphatic rings. The molecule has 0 saturated heterocycles. The summed E-state index contributed by atoms with van der Waals surface area (Å²) in [5.41, 5.74) is 10.5. The first kappa shape index (κ1) is 13.3. The number of nitrogens with two attached hydrogens (primary N) is 1. The van der Waals surface area contributed by atoms with Crippen molar-refractivity contribution < 1.29 is 0 Å². The molecule has 2 aromatic carbocycles. The normalized spacial score (nSPS) is 11.2. The van der Waals surface area contributed by atoms with Crippen molar-refractivity contribution >= 4 is 39.9 Å². The number of imidazole rings is 1. The summed E-state index contributed by atoms with van der Waals surface area (Å²) in [5.74, 6) is 0.760. The van der Waals surface area contributed by atoms with Gasteiger partial charge in [-0.25, -0.2) is 4.98 Å². The Morgan fingerprint density at radius 1 is 1.20 bits per heavy atom. The second-order valence-corrected chi connectivity index (χ2v) is 5.63. The van der Waals surface area contributed by atoms with Crippen LogP contribution in [0.2, 0.25) is 10.0 Å². The largest absolute Gasteiger partial charge is 0.397 e. The zero-order chi connectivity index (χ0) is 14.4. The van der Waals surface area contributed by atoms with Crippen LogP contribution in [0.15, 0.2) is 30.3 Å². The summed E-state index contributed by atoms with van der Waals surface area (Å²) >= 11 is 12.2. The van der Waals surface area contributed by atoms with Crippen LogP contribution >= 0.6 is 23.2 Å². The number of nitrogen functional groups attached to an aromatic ring is 1. The third-order valence-corrected chi connectivity index (χ3v) is 3.96. The second-order valence-electron chi connectivity index (χ2n) is 4.79. The minimum Gasteiger partial charge on any atom is -0.397 e. The van der Waals surface area contributed by atoms with Crippen LogP contribution in [-0.2, 0) is 7.05 Å². The summed E-state index contributed by atoms with van der Waals surface area (Å²) in [4.78, 5) is 4.65. The number of fused-ring (bicyclic) bond motifs is 1. The van der Waals surface area contributed by atoms with Gasteiger partial charge in [0.1, 0.15) is 5.82 Å². The zero-order valence-electron chi connectivity index (χ0n) is 11.1. The molecular formula is C15H13Cl2N3. The molecule has 0 unspecified atom stereocenters. The molecule has 0 fully saturated rings. The summed E-state index contributed by atoms with van der Waals surface area (Å²) in [5, 5.41) is 0.985. The lowest BCUT2D eigenvalue weighted by Gasteiger charge is -2.09. The maximum Gasteiger partial charge on any atom is 0.143 e. The van der Waals surface area contributed by atoms with Gasteiger partial charge in [-0.2, -0.15) is 0 Å². The molecule has 20 heavy (non-hydrogen) atoms. The van der Waals surface area contributed by atoms with Gasteiger partial charge in [0.25, 0.3) is 0 Å². The van der Waals surface area contributed by atoms with Gasteiger partial charge in [0.2, 0.25) is 0 Å². The Labute approximate surface area is 126 Å². The van der Waals surface area contributed by atoms with Crippen molar-refractivity contribution in [3.63, 3.8) is 0 Å². The van der Waals surface area contributed by atoms with Crippen molar-refractivity contribution in [2.75, 3.05) is 5.73 Å². The average Bonchev–Trinajstić information content (AvgIpc) is 2.72. The number of halogens is 2. The summed E-state index contributed by atoms with van der Waals surface area (Å²) < 4.78 is 2.02. The highest BCUT2D eigenvalue weighted by Crippen LogP contribution is 2.35. The van der Waals surface area contributed by atoms with Crippen LogP contribution in [-0.4, -0.2) is 9.55 Å². The molecule has 102 valence electrons. The maximum atomic E-state index is 6.10. The van der Waals surface area contributed by atoms with Gasteiger partial charge in [-0.05, 0) is 30.7 Å². The topological polar surface area (TPSA) is 43.8 Å². The Morgan fingerprint density at radius 3 is 2.65 bits per heavy atom. The highest BCUT2D eigenvalue weighted by molar-refractivity contribution is 6.37. The number of anilines is 1. The highest BCUT2D eigenvalue weighted by atomic mass is 35.5. The summed E-state index contributed by atoms with van der Waals surface area (Å²) in [7, 11) is 1.96. The number of nitrogens with zero attached hydrogens (tertiary/aromatic N) is 2. The van der Waals surface area contributed by atoms with Gasteiger partial charge >= 0.3 is 0 Å². The minimum atomic E-state index is 0.441. The molecule has 3 aromatic rings. The highest BCUT2D eigenvalue weighted by Gasteiger charge is 2.15. The monoisotopic (exact) mass is 305 g/mol. The third kappa shape index (κ3) is 1.94. The number of benzene rings is 2. The van der Waals surface area contributed by atoms with Gasteiger partial charge in [0.15, 0.2) is 0 Å². The number of para-hydroxylation sites is 1. The molecule has 1 aromatic heterocycles. The van der Waals surface area contributed by atoms with Gasteiger partial charge in [0, 0.05) is 17.6 Å². The van der Waals surface area contributed by atoms with Crippen molar-refractivity contribution in [3.8, 4) is 11.4 Å². The number of hydrogen-bond donors (Lipinski definition) is 1. The predicted molar refractivity (Wildman–Crippen MR) is 85.3 cm³/mol. The van der Waals surface area contributed by atoms with Crippen molar-refractivity contribution in [2.45, 2.75) is 6.92 Å². The van der Waals surface area contributed by atoms with Crippen LogP contribution in [0.25, 0.3) is 22.4 Å². The molecule has 0 atom stereocenters. The minimum absolute atomic E-state index is 0.441. The molecule has 0 amide bonds. The lowest BCUT2D eigenvalue weighted by atomic mass is 10.1. The molecule has 0 radical (unpaired) electrons. The first-order valence-corrected chi connectivity index (χ1v) is 6.91. The van der Waals surface area contributed by atoms with E-state index in [1.165, 1.54) is 0 Å². The third-order valence-electron chi connectivity index (χ3n) is 3.43. The molecule has 3 rings (SSSR count). The maximum absolute atomic E-state index is 6.10. The fraction of sp³-hybridized carbons (Fsp3) is 0.133. The molecule has 0 bridgehead atoms. The number of aromatic nitrogens is 2. The molecule has 5 heteroatoms. The summed E-state index contributed by atoms with van der Waals surface area (Å²) in [6, 6.07) is 9.45. The molecule has 0 saturated carbocycles. The van der Waals surface area contributed by atoms with Gasteiger partial charge < -0.3 is 10.3 Å². The number of aryl methyl sites for hydroxylation is 2. The van der Waals surface area contributed by atoms with E-state index in [0.29, 0.717) is 15.7 Å². The van der Waals surface area contributed by atoms with Crippen molar-refractivity contribution in [2.24, 2.45) is 7.05 Å². The Bertz CT molecular complexity index is 822. The molecule has 1 heterocycles. The van der Waals surface area contributed by atoms with Crippen LogP contribution < -0.4 is 5.73 Å². The van der Waals surface area contributed by atoms with E-state index in [9.17, 15) is 0 Å². The smallest absolute Gasteiger partial charge is 0.143 e. The lowest BCUT2D eigenvalue weighted by Crippen LogP contribution is -1.98. The predicted octanol–water partition coefficient (Wildman–Crippen LogP) is 4.44. The van der Waals surface area contributed by atoms with Gasteiger partial charge in [-0.15, -0.1) is 0 Å². The average molecular weight is 306 g/mol. The Morgan fingerprint density at radius 2 is 1.95 bits per heavy atom. The molecular weight excluding hydrogens is 293 g/mol. The van der Waals surface area contributed by atoms with E-state index in [0.717, 1.165) is 28.0 Å². The summed E-state index contributed by atoms with van der Waals surface area (Å²) in [6.07, 6.45) is 0. The second kappa shape index (κ2) is 4.69. The zero-order valence-corrected chi connectivity index (χ0v) is 12.6. The molecule has 0 aliphatic heterocycles. The number of hydrogen-bond acceptors (Lipinski definition) is 2. The Hall–Kier alpha value is -1.71. The first-order valence-electron chi connectivity index (χ1n) is 6.16. The van der Waals surface area contributed by atoms with Crippen LogP contribution in [0.3, 0.4) is 0 Å². The summed E-state index contributed by atoms with van der Waals surface area (Å²) in [6.45, 7) is 2.06. The van der Waals surface area contributed by atoms with E-state index < -0.39 is 0 Å². The fourth-order valence-corrected chi connectivity index (χ4v) is 2.97. The van der Waals surface area contributed by atoms with Gasteiger partial charge in [-0.3, -0.25) is 0 Å². The number of rotatable bonds is 1. The molecule has 0 spiro atoms. The molecule has 2 N–H and O–H groups in total. The van der Waals surface area contributed by atoms with E-state index in [2.05, 4.69) is 18.0 Å². The van der Waals surface area contributed by atoms with Crippen molar-refractivity contribution in [3.05, 3.63) is 45.9 Å². The van der Waals surface area contributed by atoms with Crippen LogP contribution in [0, 0.1) is 6.92 Å². The van der Waals surface area contributed by atoms with Gasteiger partial charge in [-0.1, -0.05) is 35.3 Å². The molecule has 3 nitrogen and oxygen atoms in total. The SMILES string of the molecule is Cc1cccc2nc(-c3cc(Cl)cc(Cl)c3N)n(C)c12. The Kier molecular flexibility index (Phi) is 3.11. The van der Waals surface area contributed by atoms with Crippen molar-refractivity contribution in [1.82, 2.24) is 9.55 Å². The van der Waals surface area contributed by atoms with E-state index in [1.807, 2.05) is 23.7 Å². The van der Waals surface area contributed by atoms with Crippen LogP contribution in [0.4, 0.5) is 5.69 Å². The van der Waals surface area contributed by atoms with Gasteiger partial charge in [0.05, 0.1) is 21.7 Å². The first-order chi connectivity index (χ1) is 9.49. The van der Waals surface area contributed by atoms with E-state index in [1.54, 1.807) is 12.1 Å². The quantitative estimate of drug-likeness (QED) is 0.676. The Balaban J connectivity index is 2.36. The standard InChI is InChI=1S/C15H13Cl2N3/c1-8-4-3-5-12-14(8)20(2)15(19-12)10-6-9(16)7-11(17)13(10)18/h3-7H,18H2,1-2H3. The van der Waals surface area contributed by atoms with E-state index in [-0.39, 0.29) is 0 Å². The van der Waals surface area contributed by atoms with E-state index in [4.69, 9.17) is 28.9 Å². The lowest BCUT2D eigenvalue weighted by molar-refractivity contribution is 0.956. The van der Waals surface area contributed by atoms with E-state index >= 15 is 0 Å². The van der Waals surface area contributed by atoms with Crippen LogP contribution in [0.1, 0.15) is 5.56 Å². The van der Waals surface area contributed by atoms with Crippen LogP contribution in [0.5, 0.6) is 0 Å². The fourth-order valence-electron chi connectivity index (χ4n) is 2.48. The molecule has 0 aliphatic carbocycles.